The number of amides is 1. The molecular weight excluding hydrogens is 356 g/mol. The van der Waals surface area contributed by atoms with Gasteiger partial charge in [0.1, 0.15) is 5.75 Å². The van der Waals surface area contributed by atoms with Crippen molar-refractivity contribution < 1.29 is 14.3 Å². The first kappa shape index (κ1) is 18.7. The van der Waals surface area contributed by atoms with Gasteiger partial charge in [0, 0.05) is 44.0 Å². The van der Waals surface area contributed by atoms with Gasteiger partial charge in [-0.3, -0.25) is 4.79 Å². The van der Waals surface area contributed by atoms with E-state index in [1.165, 1.54) is 0 Å². The molecule has 148 valence electrons. The summed E-state index contributed by atoms with van der Waals surface area (Å²) in [7, 11) is 5.50. The highest BCUT2D eigenvalue weighted by Crippen LogP contribution is 2.40. The smallest absolute Gasteiger partial charge is 0.254 e. The zero-order chi connectivity index (χ0) is 19.9. The van der Waals surface area contributed by atoms with E-state index in [0.29, 0.717) is 43.6 Å². The lowest BCUT2D eigenvalue weighted by molar-refractivity contribution is 0.0480. The van der Waals surface area contributed by atoms with Gasteiger partial charge in [-0.25, -0.2) is 9.97 Å². The molecule has 0 saturated carbocycles. The Kier molecular flexibility index (Phi) is 4.71. The molecular formula is C21H26N4O3. The number of methoxy groups -OCH3 is 1. The lowest BCUT2D eigenvalue weighted by atomic mass is 9.80. The van der Waals surface area contributed by atoms with E-state index in [9.17, 15) is 4.79 Å². The molecule has 0 radical (unpaired) electrons. The number of likely N-dealkylation sites (tertiary alicyclic amines) is 1. The van der Waals surface area contributed by atoms with Gasteiger partial charge in [-0.1, -0.05) is 6.07 Å². The molecule has 1 atom stereocenters. The number of aryl methyl sites for hydroxylation is 1. The van der Waals surface area contributed by atoms with Crippen LogP contribution >= 0.6 is 0 Å². The molecule has 1 saturated heterocycles. The van der Waals surface area contributed by atoms with Crippen LogP contribution in [0.3, 0.4) is 0 Å². The van der Waals surface area contributed by atoms with Gasteiger partial charge in [-0.15, -0.1) is 0 Å². The number of rotatable bonds is 3. The largest absolute Gasteiger partial charge is 0.497 e. The summed E-state index contributed by atoms with van der Waals surface area (Å²) in [5.41, 5.74) is 3.41. The maximum atomic E-state index is 13.1. The van der Waals surface area contributed by atoms with Crippen molar-refractivity contribution in [2.75, 3.05) is 45.8 Å². The van der Waals surface area contributed by atoms with Crippen molar-refractivity contribution in [1.29, 1.82) is 0 Å². The Balaban J connectivity index is 1.66. The molecule has 7 heteroatoms. The fourth-order valence-electron chi connectivity index (χ4n) is 4.11. The van der Waals surface area contributed by atoms with E-state index in [2.05, 4.69) is 4.98 Å². The summed E-state index contributed by atoms with van der Waals surface area (Å²) in [6, 6.07) is 7.31. The van der Waals surface area contributed by atoms with Crippen LogP contribution in [0, 0.1) is 6.92 Å². The summed E-state index contributed by atoms with van der Waals surface area (Å²) >= 11 is 0. The summed E-state index contributed by atoms with van der Waals surface area (Å²) in [4.78, 5) is 26.4. The van der Waals surface area contributed by atoms with Crippen LogP contribution in [0.4, 0.5) is 5.95 Å². The van der Waals surface area contributed by atoms with Gasteiger partial charge >= 0.3 is 0 Å². The average molecular weight is 382 g/mol. The maximum Gasteiger partial charge on any atom is 0.254 e. The minimum absolute atomic E-state index is 0.0153. The molecule has 1 fully saturated rings. The lowest BCUT2D eigenvalue weighted by Gasteiger charge is -2.35. The van der Waals surface area contributed by atoms with Gasteiger partial charge in [-0.2, -0.15) is 0 Å². The van der Waals surface area contributed by atoms with Crippen LogP contribution < -0.4 is 9.64 Å². The molecule has 3 heterocycles. The number of nitrogens with zero attached hydrogens (tertiary/aromatic N) is 4. The number of hydrogen-bond acceptors (Lipinski definition) is 6. The third kappa shape index (κ3) is 3.09. The Hall–Kier alpha value is -2.67. The van der Waals surface area contributed by atoms with Gasteiger partial charge in [-0.05, 0) is 31.5 Å². The number of ether oxygens (including phenoxy) is 2. The predicted molar refractivity (Wildman–Crippen MR) is 106 cm³/mol. The molecule has 2 aromatic rings. The van der Waals surface area contributed by atoms with Gasteiger partial charge in [0.05, 0.1) is 31.4 Å². The summed E-state index contributed by atoms with van der Waals surface area (Å²) in [6.07, 6.45) is 0.832. The number of carbonyl (C=O) groups excluding carboxylic acids is 1. The second-order valence-corrected chi connectivity index (χ2v) is 7.81. The van der Waals surface area contributed by atoms with Gasteiger partial charge in [0.15, 0.2) is 0 Å². The molecule has 28 heavy (non-hydrogen) atoms. The number of anilines is 1. The summed E-state index contributed by atoms with van der Waals surface area (Å²) in [6.45, 7) is 4.38. The number of carbonyl (C=O) groups is 1. The van der Waals surface area contributed by atoms with Gasteiger partial charge in [0.25, 0.3) is 5.91 Å². The first-order valence-corrected chi connectivity index (χ1v) is 9.50. The molecule has 7 nitrogen and oxygen atoms in total. The lowest BCUT2D eigenvalue weighted by Crippen LogP contribution is -2.42. The summed E-state index contributed by atoms with van der Waals surface area (Å²) in [5.74, 6) is 1.40. The Morgan fingerprint density at radius 1 is 1.32 bits per heavy atom. The average Bonchev–Trinajstić information content (AvgIpc) is 3.12. The van der Waals surface area contributed by atoms with Crippen LogP contribution in [-0.2, 0) is 16.8 Å². The van der Waals surface area contributed by atoms with Crippen LogP contribution in [0.1, 0.15) is 33.7 Å². The van der Waals surface area contributed by atoms with Crippen LogP contribution in [-0.4, -0.2) is 61.7 Å². The third-order valence-corrected chi connectivity index (χ3v) is 5.69. The topological polar surface area (TPSA) is 67.8 Å². The van der Waals surface area contributed by atoms with Gasteiger partial charge in [0.2, 0.25) is 5.95 Å². The van der Waals surface area contributed by atoms with E-state index in [4.69, 9.17) is 14.5 Å². The molecule has 1 unspecified atom stereocenters. The fourth-order valence-corrected chi connectivity index (χ4v) is 4.11. The van der Waals surface area contributed by atoms with E-state index in [-0.39, 0.29) is 11.3 Å². The normalized spacial score (nSPS) is 20.9. The first-order valence-electron chi connectivity index (χ1n) is 9.50. The molecule has 4 rings (SSSR count). The fraction of sp³-hybridized carbons (Fsp3) is 0.476. The first-order chi connectivity index (χ1) is 13.4. The van der Waals surface area contributed by atoms with Crippen LogP contribution in [0.15, 0.2) is 24.3 Å². The number of benzene rings is 1. The molecule has 2 aliphatic heterocycles. The predicted octanol–water partition coefficient (Wildman–Crippen LogP) is 2.17. The summed E-state index contributed by atoms with van der Waals surface area (Å²) < 4.78 is 11.2. The van der Waals surface area contributed by atoms with Crippen LogP contribution in [0.25, 0.3) is 0 Å². The standard InChI is InChI=1S/C21H26N4O3/c1-14-17-11-28-13-21(18(17)23-20(22-14)24(2)3)8-9-25(12-21)19(26)15-6-5-7-16(10-15)27-4/h5-7,10H,8-9,11-13H2,1-4H3. The number of hydrogen-bond donors (Lipinski definition) is 0. The Morgan fingerprint density at radius 2 is 2.14 bits per heavy atom. The van der Waals surface area contributed by atoms with Crippen LogP contribution in [0.5, 0.6) is 5.75 Å². The SMILES string of the molecule is COc1cccc(C(=O)N2CCC3(COCc4c(C)nc(N(C)C)nc43)C2)c1. The van der Waals surface area contributed by atoms with Crippen LogP contribution in [0.2, 0.25) is 0 Å². The quantitative estimate of drug-likeness (QED) is 0.811. The molecule has 1 aromatic heterocycles. The minimum atomic E-state index is -0.277. The van der Waals surface area contributed by atoms with Crippen molar-refractivity contribution in [3.8, 4) is 5.75 Å². The minimum Gasteiger partial charge on any atom is -0.497 e. The van der Waals surface area contributed by atoms with Crippen molar-refractivity contribution in [2.45, 2.75) is 25.4 Å². The van der Waals surface area contributed by atoms with E-state index in [1.807, 2.05) is 49.0 Å². The van der Waals surface area contributed by atoms with Crippen molar-refractivity contribution in [1.82, 2.24) is 14.9 Å². The molecule has 0 aliphatic carbocycles. The number of fused-ring (bicyclic) bond motifs is 2. The number of aromatic nitrogens is 2. The highest BCUT2D eigenvalue weighted by molar-refractivity contribution is 5.95. The Labute approximate surface area is 165 Å². The molecule has 0 bridgehead atoms. The van der Waals surface area contributed by atoms with Crippen molar-refractivity contribution >= 4 is 11.9 Å². The second kappa shape index (κ2) is 7.05. The Bertz CT molecular complexity index is 915. The van der Waals surface area contributed by atoms with Crippen molar-refractivity contribution in [2.24, 2.45) is 0 Å². The van der Waals surface area contributed by atoms with Crippen molar-refractivity contribution in [3.63, 3.8) is 0 Å². The van der Waals surface area contributed by atoms with Crippen molar-refractivity contribution in [3.05, 3.63) is 46.8 Å². The molecule has 1 amide bonds. The monoisotopic (exact) mass is 382 g/mol. The zero-order valence-corrected chi connectivity index (χ0v) is 16.9. The summed E-state index contributed by atoms with van der Waals surface area (Å²) in [5, 5.41) is 0. The molecule has 0 N–H and O–H groups in total. The van der Waals surface area contributed by atoms with E-state index in [1.54, 1.807) is 13.2 Å². The highest BCUT2D eigenvalue weighted by Gasteiger charge is 2.47. The maximum absolute atomic E-state index is 13.1. The van der Waals surface area contributed by atoms with E-state index >= 15 is 0 Å². The zero-order valence-electron chi connectivity index (χ0n) is 16.9. The Morgan fingerprint density at radius 3 is 2.89 bits per heavy atom. The third-order valence-electron chi connectivity index (χ3n) is 5.69. The molecule has 2 aliphatic rings. The molecule has 1 spiro atoms. The molecule has 1 aromatic carbocycles. The van der Waals surface area contributed by atoms with Gasteiger partial charge < -0.3 is 19.3 Å². The second-order valence-electron chi connectivity index (χ2n) is 7.81. The highest BCUT2D eigenvalue weighted by atomic mass is 16.5. The van der Waals surface area contributed by atoms with E-state index in [0.717, 1.165) is 23.4 Å². The van der Waals surface area contributed by atoms with E-state index < -0.39 is 0 Å².